The molecule has 6 nitrogen and oxygen atoms in total. The van der Waals surface area contributed by atoms with E-state index in [9.17, 15) is 4.79 Å². The maximum Gasteiger partial charge on any atom is 0.230 e. The highest BCUT2D eigenvalue weighted by Gasteiger charge is 2.23. The Bertz CT molecular complexity index is 597. The molecule has 1 aliphatic heterocycles. The van der Waals surface area contributed by atoms with E-state index >= 15 is 0 Å². The topological polar surface area (TPSA) is 64.2 Å². The van der Waals surface area contributed by atoms with Crippen LogP contribution in [-0.2, 0) is 17.8 Å². The molecular weight excluding hydrogens is 280 g/mol. The van der Waals surface area contributed by atoms with Gasteiger partial charge in [-0.2, -0.15) is 5.10 Å². The zero-order valence-electron chi connectivity index (χ0n) is 12.9. The number of hydrogen-bond donors (Lipinski definition) is 0. The van der Waals surface area contributed by atoms with E-state index < -0.39 is 0 Å². The number of rotatable bonds is 5. The van der Waals surface area contributed by atoms with Crippen LogP contribution in [0, 0.1) is 12.8 Å². The highest BCUT2D eigenvalue weighted by atomic mass is 16.5. The molecule has 1 fully saturated rings. The van der Waals surface area contributed by atoms with Gasteiger partial charge in [0.2, 0.25) is 5.91 Å². The molecule has 1 amide bonds. The quantitative estimate of drug-likeness (QED) is 0.848. The largest absolute Gasteiger partial charge is 0.361 e. The Kier molecular flexibility index (Phi) is 4.56. The van der Waals surface area contributed by atoms with E-state index in [0.717, 1.165) is 44.6 Å². The van der Waals surface area contributed by atoms with Gasteiger partial charge in [0.15, 0.2) is 0 Å². The number of piperidine rings is 1. The Morgan fingerprint density at radius 1 is 1.41 bits per heavy atom. The third-order valence-corrected chi connectivity index (χ3v) is 4.30. The lowest BCUT2D eigenvalue weighted by Gasteiger charge is -2.31. The molecule has 0 bridgehead atoms. The molecule has 0 spiro atoms. The van der Waals surface area contributed by atoms with E-state index in [0.29, 0.717) is 18.1 Å². The van der Waals surface area contributed by atoms with Crippen LogP contribution in [0.15, 0.2) is 29.0 Å². The summed E-state index contributed by atoms with van der Waals surface area (Å²) in [5.41, 5.74) is 0.820. The van der Waals surface area contributed by atoms with Gasteiger partial charge in [-0.3, -0.25) is 9.48 Å². The van der Waals surface area contributed by atoms with Gasteiger partial charge >= 0.3 is 0 Å². The lowest BCUT2D eigenvalue weighted by Crippen LogP contribution is -2.39. The summed E-state index contributed by atoms with van der Waals surface area (Å²) in [7, 11) is 0. The van der Waals surface area contributed by atoms with Gasteiger partial charge in [0.25, 0.3) is 0 Å². The van der Waals surface area contributed by atoms with Crippen LogP contribution < -0.4 is 0 Å². The van der Waals surface area contributed by atoms with Crippen molar-refractivity contribution in [3.63, 3.8) is 0 Å². The minimum atomic E-state index is 0.140. The van der Waals surface area contributed by atoms with Crippen molar-refractivity contribution in [3.05, 3.63) is 36.0 Å². The van der Waals surface area contributed by atoms with E-state index in [4.69, 9.17) is 4.52 Å². The average molecular weight is 302 g/mol. The van der Waals surface area contributed by atoms with Crippen molar-refractivity contribution < 1.29 is 9.32 Å². The summed E-state index contributed by atoms with van der Waals surface area (Å²) in [6.45, 7) is 4.51. The summed E-state index contributed by atoms with van der Waals surface area (Å²) in [4.78, 5) is 14.2. The Morgan fingerprint density at radius 3 is 2.86 bits per heavy atom. The first-order chi connectivity index (χ1) is 10.7. The molecule has 0 saturated carbocycles. The van der Waals surface area contributed by atoms with Crippen molar-refractivity contribution in [1.29, 1.82) is 0 Å². The van der Waals surface area contributed by atoms with Gasteiger partial charge in [-0.15, -0.1) is 0 Å². The maximum atomic E-state index is 12.3. The molecule has 22 heavy (non-hydrogen) atoms. The zero-order valence-corrected chi connectivity index (χ0v) is 12.9. The molecule has 0 aliphatic carbocycles. The van der Waals surface area contributed by atoms with E-state index in [1.54, 1.807) is 0 Å². The number of nitrogens with zero attached hydrogens (tertiary/aromatic N) is 4. The first-order valence-electron chi connectivity index (χ1n) is 7.88. The van der Waals surface area contributed by atoms with Crippen LogP contribution in [0.4, 0.5) is 0 Å². The van der Waals surface area contributed by atoms with Gasteiger partial charge in [-0.1, -0.05) is 5.16 Å². The Labute approximate surface area is 130 Å². The van der Waals surface area contributed by atoms with Gasteiger partial charge in [-0.05, 0) is 38.2 Å². The van der Waals surface area contributed by atoms with Crippen LogP contribution in [0.3, 0.4) is 0 Å². The highest BCUT2D eigenvalue weighted by molar-refractivity contribution is 5.78. The van der Waals surface area contributed by atoms with E-state index in [1.807, 2.05) is 41.0 Å². The minimum Gasteiger partial charge on any atom is -0.361 e. The Balaban J connectivity index is 1.42. The van der Waals surface area contributed by atoms with Crippen molar-refractivity contribution in [1.82, 2.24) is 19.8 Å². The fourth-order valence-corrected chi connectivity index (χ4v) is 2.98. The molecule has 1 saturated heterocycles. The van der Waals surface area contributed by atoms with Gasteiger partial charge in [-0.25, -0.2) is 0 Å². The zero-order chi connectivity index (χ0) is 15.4. The lowest BCUT2D eigenvalue weighted by atomic mass is 9.93. The first kappa shape index (κ1) is 14.8. The fraction of sp³-hybridized carbons (Fsp3) is 0.562. The van der Waals surface area contributed by atoms with Crippen molar-refractivity contribution in [2.75, 3.05) is 13.1 Å². The molecule has 6 heteroatoms. The first-order valence-corrected chi connectivity index (χ1v) is 7.88. The third-order valence-electron chi connectivity index (χ3n) is 4.30. The van der Waals surface area contributed by atoms with Crippen molar-refractivity contribution in [2.24, 2.45) is 5.92 Å². The van der Waals surface area contributed by atoms with E-state index in [-0.39, 0.29) is 5.91 Å². The maximum absolute atomic E-state index is 12.3. The Morgan fingerprint density at radius 2 is 2.23 bits per heavy atom. The summed E-state index contributed by atoms with van der Waals surface area (Å²) < 4.78 is 7.10. The smallest absolute Gasteiger partial charge is 0.230 e. The van der Waals surface area contributed by atoms with Crippen molar-refractivity contribution in [2.45, 2.75) is 39.2 Å². The second-order valence-electron chi connectivity index (χ2n) is 5.99. The fourth-order valence-electron chi connectivity index (χ4n) is 2.98. The van der Waals surface area contributed by atoms with Crippen LogP contribution >= 0.6 is 0 Å². The molecule has 3 rings (SSSR count). The van der Waals surface area contributed by atoms with Gasteiger partial charge in [0, 0.05) is 38.1 Å². The van der Waals surface area contributed by atoms with Gasteiger partial charge < -0.3 is 9.42 Å². The summed E-state index contributed by atoms with van der Waals surface area (Å²) in [5, 5.41) is 8.05. The monoisotopic (exact) mass is 302 g/mol. The molecule has 3 heterocycles. The molecule has 2 aromatic heterocycles. The molecule has 0 atom stereocenters. The predicted molar refractivity (Wildman–Crippen MR) is 81.1 cm³/mol. The molecule has 118 valence electrons. The molecule has 2 aromatic rings. The normalized spacial score (nSPS) is 16.1. The van der Waals surface area contributed by atoms with Crippen LogP contribution in [0.5, 0.6) is 0 Å². The molecule has 0 aromatic carbocycles. The lowest BCUT2D eigenvalue weighted by molar-refractivity contribution is -0.132. The standard InChI is InChI=1S/C16H22N4O2/c1-13-11-15(22-18-13)12-16(21)19-8-3-14(4-9-19)5-10-20-7-2-6-17-20/h2,6-7,11,14H,3-5,8-10,12H2,1H3. The molecule has 0 N–H and O–H groups in total. The van der Waals surface area contributed by atoms with Crippen LogP contribution in [0.25, 0.3) is 0 Å². The third kappa shape index (κ3) is 3.75. The SMILES string of the molecule is Cc1cc(CC(=O)N2CCC(CCn3cccn3)CC2)on1. The second-order valence-corrected chi connectivity index (χ2v) is 5.99. The average Bonchev–Trinajstić information content (AvgIpc) is 3.17. The van der Waals surface area contributed by atoms with E-state index in [2.05, 4.69) is 10.3 Å². The highest BCUT2D eigenvalue weighted by Crippen LogP contribution is 2.21. The molecule has 0 radical (unpaired) electrons. The summed E-state index contributed by atoms with van der Waals surface area (Å²) in [6, 6.07) is 3.78. The van der Waals surface area contributed by atoms with Gasteiger partial charge in [0.05, 0.1) is 12.1 Å². The molecular formula is C16H22N4O2. The minimum absolute atomic E-state index is 0.140. The summed E-state index contributed by atoms with van der Waals surface area (Å²) >= 11 is 0. The van der Waals surface area contributed by atoms with Crippen molar-refractivity contribution in [3.8, 4) is 0 Å². The number of aromatic nitrogens is 3. The summed E-state index contributed by atoms with van der Waals surface area (Å²) in [6.07, 6.45) is 7.40. The van der Waals surface area contributed by atoms with E-state index in [1.165, 1.54) is 0 Å². The second kappa shape index (κ2) is 6.77. The number of carbonyl (C=O) groups excluding carboxylic acids is 1. The number of aryl methyl sites for hydroxylation is 2. The predicted octanol–water partition coefficient (Wildman–Crippen LogP) is 2.05. The number of amides is 1. The Hall–Kier alpha value is -2.11. The van der Waals surface area contributed by atoms with Crippen LogP contribution in [-0.4, -0.2) is 38.8 Å². The number of hydrogen-bond acceptors (Lipinski definition) is 4. The van der Waals surface area contributed by atoms with Gasteiger partial charge in [0.1, 0.15) is 5.76 Å². The van der Waals surface area contributed by atoms with Crippen molar-refractivity contribution >= 4 is 5.91 Å². The molecule has 1 aliphatic rings. The van der Waals surface area contributed by atoms with Crippen LogP contribution in [0.1, 0.15) is 30.7 Å². The summed E-state index contributed by atoms with van der Waals surface area (Å²) in [5.74, 6) is 1.48. The number of carbonyl (C=O) groups is 1. The molecule has 0 unspecified atom stereocenters. The van der Waals surface area contributed by atoms with Crippen LogP contribution in [0.2, 0.25) is 0 Å². The number of likely N-dealkylation sites (tertiary alicyclic amines) is 1.